The minimum absolute atomic E-state index is 0.0865. The number of nitrogens with zero attached hydrogens (tertiary/aromatic N) is 1. The van der Waals surface area contributed by atoms with Crippen LogP contribution in [0.15, 0.2) is 18.2 Å². The topological polar surface area (TPSA) is 32.3 Å². The molecular weight excluding hydrogens is 224 g/mol. The van der Waals surface area contributed by atoms with Gasteiger partial charge in [0.05, 0.1) is 6.54 Å². The number of rotatable bonds is 2. The molecule has 1 aromatic carbocycles. The quantitative estimate of drug-likeness (QED) is 0.865. The summed E-state index contributed by atoms with van der Waals surface area (Å²) in [5, 5.41) is 3.36. The minimum Gasteiger partial charge on any atom is -0.319 e. The highest BCUT2D eigenvalue weighted by Gasteiger charge is 2.39. The molecule has 2 fully saturated rings. The zero-order chi connectivity index (χ0) is 12.7. The Bertz CT molecular complexity index is 479. The lowest BCUT2D eigenvalue weighted by Gasteiger charge is -2.38. The van der Waals surface area contributed by atoms with Crippen molar-refractivity contribution in [1.82, 2.24) is 10.2 Å². The summed E-state index contributed by atoms with van der Waals surface area (Å²) in [6.07, 6.45) is 3.67. The van der Waals surface area contributed by atoms with Crippen molar-refractivity contribution in [2.24, 2.45) is 0 Å². The number of hydrogen-bond donors (Lipinski definition) is 1. The fraction of sp³-hybridized carbons (Fsp3) is 0.533. The van der Waals surface area contributed by atoms with Gasteiger partial charge in [0, 0.05) is 6.04 Å². The number of nitrogens with one attached hydrogen (secondary N) is 1. The molecule has 0 radical (unpaired) electrons. The summed E-state index contributed by atoms with van der Waals surface area (Å²) in [7, 11) is 0. The van der Waals surface area contributed by atoms with E-state index in [0.29, 0.717) is 12.6 Å². The number of benzene rings is 1. The molecule has 1 saturated heterocycles. The second-order valence-corrected chi connectivity index (χ2v) is 5.53. The van der Waals surface area contributed by atoms with E-state index < -0.39 is 0 Å². The van der Waals surface area contributed by atoms with Crippen LogP contribution in [0.5, 0.6) is 0 Å². The van der Waals surface area contributed by atoms with Crippen LogP contribution in [0.2, 0.25) is 0 Å². The van der Waals surface area contributed by atoms with E-state index >= 15 is 0 Å². The normalized spacial score (nSPS) is 24.4. The van der Waals surface area contributed by atoms with Gasteiger partial charge in [-0.2, -0.15) is 0 Å². The van der Waals surface area contributed by atoms with E-state index in [1.807, 2.05) is 0 Å². The van der Waals surface area contributed by atoms with Crippen molar-refractivity contribution in [2.75, 3.05) is 6.54 Å². The fourth-order valence-electron chi connectivity index (χ4n) is 2.99. The van der Waals surface area contributed by atoms with Crippen molar-refractivity contribution in [3.63, 3.8) is 0 Å². The molecule has 1 aromatic rings. The Balaban J connectivity index is 1.92. The van der Waals surface area contributed by atoms with Crippen LogP contribution in [0.1, 0.15) is 42.1 Å². The lowest BCUT2D eigenvalue weighted by atomic mass is 9.90. The van der Waals surface area contributed by atoms with E-state index in [1.54, 1.807) is 0 Å². The van der Waals surface area contributed by atoms with Crippen LogP contribution < -0.4 is 5.32 Å². The summed E-state index contributed by atoms with van der Waals surface area (Å²) < 4.78 is 0. The number of hydrogen-bond acceptors (Lipinski definition) is 2. The molecule has 1 amide bonds. The summed E-state index contributed by atoms with van der Waals surface area (Å²) in [6.45, 7) is 4.72. The van der Waals surface area contributed by atoms with Crippen LogP contribution in [0.4, 0.5) is 0 Å². The standard InChI is InChI=1S/C15H20N2O/c1-10-6-7-13(11(2)8-10)15-16-9-14(18)17(15)12-4-3-5-12/h6-8,12,15-16H,3-5,9H2,1-2H3. The maximum Gasteiger partial charge on any atom is 0.238 e. The van der Waals surface area contributed by atoms with Crippen molar-refractivity contribution < 1.29 is 4.79 Å². The summed E-state index contributed by atoms with van der Waals surface area (Å²) in [4.78, 5) is 14.1. The number of amides is 1. The van der Waals surface area contributed by atoms with Gasteiger partial charge >= 0.3 is 0 Å². The maximum atomic E-state index is 12.0. The lowest BCUT2D eigenvalue weighted by molar-refractivity contribution is -0.132. The average molecular weight is 244 g/mol. The highest BCUT2D eigenvalue weighted by molar-refractivity contribution is 5.81. The predicted octanol–water partition coefficient (Wildman–Crippen LogP) is 2.29. The van der Waals surface area contributed by atoms with Gasteiger partial charge < -0.3 is 4.90 Å². The van der Waals surface area contributed by atoms with E-state index in [1.165, 1.54) is 23.1 Å². The SMILES string of the molecule is Cc1ccc(C2NCC(=O)N2C2CCC2)c(C)c1. The minimum atomic E-state index is 0.0865. The van der Waals surface area contributed by atoms with E-state index in [2.05, 4.69) is 42.3 Å². The molecule has 1 unspecified atom stereocenters. The van der Waals surface area contributed by atoms with Crippen LogP contribution in [-0.4, -0.2) is 23.4 Å². The predicted molar refractivity (Wildman–Crippen MR) is 71.1 cm³/mol. The average Bonchev–Trinajstić information content (AvgIpc) is 2.59. The van der Waals surface area contributed by atoms with Gasteiger partial charge in [-0.15, -0.1) is 0 Å². The van der Waals surface area contributed by atoms with Crippen LogP contribution in [0.3, 0.4) is 0 Å². The second-order valence-electron chi connectivity index (χ2n) is 5.53. The molecule has 1 aliphatic carbocycles. The van der Waals surface area contributed by atoms with E-state index in [0.717, 1.165) is 12.8 Å². The van der Waals surface area contributed by atoms with Crippen LogP contribution in [0, 0.1) is 13.8 Å². The van der Waals surface area contributed by atoms with Crippen LogP contribution in [-0.2, 0) is 4.79 Å². The molecular formula is C15H20N2O. The number of carbonyl (C=O) groups excluding carboxylic acids is 1. The molecule has 3 rings (SSSR count). The molecule has 1 N–H and O–H groups in total. The Labute approximate surface area is 108 Å². The van der Waals surface area contributed by atoms with Gasteiger partial charge in [0.2, 0.25) is 5.91 Å². The van der Waals surface area contributed by atoms with E-state index in [4.69, 9.17) is 0 Å². The third-order valence-electron chi connectivity index (χ3n) is 4.20. The molecule has 3 heteroatoms. The zero-order valence-electron chi connectivity index (χ0n) is 11.1. The molecule has 96 valence electrons. The first kappa shape index (κ1) is 11.7. The Kier molecular flexibility index (Phi) is 2.86. The highest BCUT2D eigenvalue weighted by atomic mass is 16.2. The Morgan fingerprint density at radius 3 is 2.67 bits per heavy atom. The summed E-state index contributed by atoms with van der Waals surface area (Å²) >= 11 is 0. The number of aryl methyl sites for hydroxylation is 2. The maximum absolute atomic E-state index is 12.0. The molecule has 1 aliphatic heterocycles. The Hall–Kier alpha value is -1.35. The molecule has 1 heterocycles. The molecule has 0 spiro atoms. The highest BCUT2D eigenvalue weighted by Crippen LogP contribution is 2.34. The van der Waals surface area contributed by atoms with Crippen molar-refractivity contribution in [2.45, 2.75) is 45.3 Å². The monoisotopic (exact) mass is 244 g/mol. The van der Waals surface area contributed by atoms with Crippen molar-refractivity contribution in [1.29, 1.82) is 0 Å². The third-order valence-corrected chi connectivity index (χ3v) is 4.20. The Morgan fingerprint density at radius 2 is 2.06 bits per heavy atom. The van der Waals surface area contributed by atoms with Crippen molar-refractivity contribution in [3.8, 4) is 0 Å². The zero-order valence-corrected chi connectivity index (χ0v) is 11.1. The fourth-order valence-corrected chi connectivity index (χ4v) is 2.99. The van der Waals surface area contributed by atoms with Crippen LogP contribution in [0.25, 0.3) is 0 Å². The second kappa shape index (κ2) is 4.39. The summed E-state index contributed by atoms with van der Waals surface area (Å²) in [6, 6.07) is 6.94. The largest absolute Gasteiger partial charge is 0.319 e. The van der Waals surface area contributed by atoms with Gasteiger partial charge in [-0.05, 0) is 44.2 Å². The number of carbonyl (C=O) groups is 1. The molecule has 0 bridgehead atoms. The first-order chi connectivity index (χ1) is 8.66. The van der Waals surface area contributed by atoms with Gasteiger partial charge in [-0.25, -0.2) is 0 Å². The van der Waals surface area contributed by atoms with Crippen LogP contribution >= 0.6 is 0 Å². The van der Waals surface area contributed by atoms with E-state index in [-0.39, 0.29) is 12.1 Å². The van der Waals surface area contributed by atoms with Gasteiger partial charge in [-0.3, -0.25) is 10.1 Å². The molecule has 2 aliphatic rings. The Morgan fingerprint density at radius 1 is 1.28 bits per heavy atom. The van der Waals surface area contributed by atoms with Gasteiger partial charge in [0.15, 0.2) is 0 Å². The van der Waals surface area contributed by atoms with Crippen molar-refractivity contribution >= 4 is 5.91 Å². The third kappa shape index (κ3) is 1.83. The smallest absolute Gasteiger partial charge is 0.238 e. The van der Waals surface area contributed by atoms with Gasteiger partial charge in [0.1, 0.15) is 6.17 Å². The summed E-state index contributed by atoms with van der Waals surface area (Å²) in [5.41, 5.74) is 3.79. The first-order valence-electron chi connectivity index (χ1n) is 6.78. The lowest BCUT2D eigenvalue weighted by Crippen LogP contribution is -2.43. The van der Waals surface area contributed by atoms with Gasteiger partial charge in [0.25, 0.3) is 0 Å². The summed E-state index contributed by atoms with van der Waals surface area (Å²) in [5.74, 6) is 0.254. The molecule has 1 saturated carbocycles. The first-order valence-corrected chi connectivity index (χ1v) is 6.78. The van der Waals surface area contributed by atoms with Crippen molar-refractivity contribution in [3.05, 3.63) is 34.9 Å². The van der Waals surface area contributed by atoms with E-state index in [9.17, 15) is 4.79 Å². The molecule has 0 aromatic heterocycles. The van der Waals surface area contributed by atoms with Gasteiger partial charge in [-0.1, -0.05) is 23.8 Å². The molecule has 18 heavy (non-hydrogen) atoms. The molecule has 3 nitrogen and oxygen atoms in total. The molecule has 1 atom stereocenters.